The lowest BCUT2D eigenvalue weighted by Gasteiger charge is -2.08. The number of benzene rings is 1. The van der Waals surface area contributed by atoms with E-state index < -0.39 is 12.1 Å². The van der Waals surface area contributed by atoms with Gasteiger partial charge in [0.25, 0.3) is 0 Å². The van der Waals surface area contributed by atoms with Crippen molar-refractivity contribution in [3.8, 4) is 23.6 Å². The predicted octanol–water partition coefficient (Wildman–Crippen LogP) is 2.07. The van der Waals surface area contributed by atoms with Crippen molar-refractivity contribution in [1.29, 1.82) is 10.5 Å². The Morgan fingerprint density at radius 2 is 2.14 bits per heavy atom. The van der Waals surface area contributed by atoms with Gasteiger partial charge < -0.3 is 14.2 Å². The summed E-state index contributed by atoms with van der Waals surface area (Å²) in [7, 11) is 1.48. The molecule has 0 aromatic heterocycles. The summed E-state index contributed by atoms with van der Waals surface area (Å²) >= 11 is 0. The summed E-state index contributed by atoms with van der Waals surface area (Å²) < 4.78 is 15.1. The van der Waals surface area contributed by atoms with Crippen molar-refractivity contribution in [1.82, 2.24) is 0 Å². The maximum Gasteiger partial charge on any atom is 0.332 e. The Bertz CT molecular complexity index is 611. The van der Waals surface area contributed by atoms with Gasteiger partial charge in [0, 0.05) is 6.08 Å². The molecule has 21 heavy (non-hydrogen) atoms. The standard InChI is InChI=1S/C15H14N2O4/c1-11(10-17)21-15(18)6-4-12-3-5-13(20-8-7-16)14(9-12)19-2/h3-6,9,11H,8H2,1-2H3/b6-4+/t11-/m1/s1. The number of ether oxygens (including phenoxy) is 3. The zero-order valence-corrected chi connectivity index (χ0v) is 11.7. The van der Waals surface area contributed by atoms with Gasteiger partial charge in [-0.25, -0.2) is 4.79 Å². The highest BCUT2D eigenvalue weighted by atomic mass is 16.5. The number of hydrogen-bond donors (Lipinski definition) is 0. The Kier molecular flexibility index (Phi) is 6.30. The maximum absolute atomic E-state index is 11.4. The topological polar surface area (TPSA) is 92.3 Å². The second kappa shape index (κ2) is 8.23. The van der Waals surface area contributed by atoms with E-state index in [-0.39, 0.29) is 6.61 Å². The van der Waals surface area contributed by atoms with Crippen molar-refractivity contribution in [3.63, 3.8) is 0 Å². The van der Waals surface area contributed by atoms with Crippen LogP contribution >= 0.6 is 0 Å². The molecule has 108 valence electrons. The smallest absolute Gasteiger partial charge is 0.332 e. The lowest BCUT2D eigenvalue weighted by molar-refractivity contribution is -0.139. The second-order valence-corrected chi connectivity index (χ2v) is 3.90. The minimum atomic E-state index is -0.793. The molecule has 0 heterocycles. The zero-order chi connectivity index (χ0) is 15.7. The average Bonchev–Trinajstić information content (AvgIpc) is 2.50. The van der Waals surface area contributed by atoms with Gasteiger partial charge in [-0.2, -0.15) is 10.5 Å². The summed E-state index contributed by atoms with van der Waals surface area (Å²) in [5, 5.41) is 17.0. The molecule has 0 bridgehead atoms. The molecule has 0 saturated carbocycles. The van der Waals surface area contributed by atoms with Crippen LogP contribution < -0.4 is 9.47 Å². The van der Waals surface area contributed by atoms with E-state index in [0.717, 1.165) is 0 Å². The van der Waals surface area contributed by atoms with Gasteiger partial charge in [0.1, 0.15) is 12.1 Å². The molecule has 0 fully saturated rings. The Labute approximate surface area is 122 Å². The third kappa shape index (κ3) is 5.25. The van der Waals surface area contributed by atoms with Gasteiger partial charge in [-0.3, -0.25) is 0 Å². The third-order valence-corrected chi connectivity index (χ3v) is 2.37. The van der Waals surface area contributed by atoms with Crippen LogP contribution in [0.25, 0.3) is 6.08 Å². The summed E-state index contributed by atoms with van der Waals surface area (Å²) in [6, 6.07) is 8.66. The van der Waals surface area contributed by atoms with Crippen LogP contribution in [0.3, 0.4) is 0 Å². The van der Waals surface area contributed by atoms with Crippen LogP contribution in [0.2, 0.25) is 0 Å². The minimum absolute atomic E-state index is 0.0794. The molecule has 1 aromatic carbocycles. The minimum Gasteiger partial charge on any atom is -0.493 e. The Morgan fingerprint density at radius 1 is 1.38 bits per heavy atom. The first-order chi connectivity index (χ1) is 10.1. The maximum atomic E-state index is 11.4. The van der Waals surface area contributed by atoms with E-state index in [0.29, 0.717) is 17.1 Å². The van der Waals surface area contributed by atoms with Crippen LogP contribution in [-0.2, 0) is 9.53 Å². The van der Waals surface area contributed by atoms with Crippen molar-refractivity contribution in [3.05, 3.63) is 29.8 Å². The van der Waals surface area contributed by atoms with Gasteiger partial charge in [-0.05, 0) is 30.7 Å². The molecule has 0 spiro atoms. The van der Waals surface area contributed by atoms with E-state index in [4.69, 9.17) is 24.7 Å². The summed E-state index contributed by atoms with van der Waals surface area (Å²) in [5.41, 5.74) is 0.692. The van der Waals surface area contributed by atoms with Gasteiger partial charge in [-0.1, -0.05) is 6.07 Å². The number of carbonyl (C=O) groups is 1. The van der Waals surface area contributed by atoms with Crippen molar-refractivity contribution >= 4 is 12.0 Å². The largest absolute Gasteiger partial charge is 0.493 e. The molecule has 0 radical (unpaired) electrons. The molecular weight excluding hydrogens is 272 g/mol. The van der Waals surface area contributed by atoms with E-state index >= 15 is 0 Å². The molecular formula is C15H14N2O4. The molecule has 0 unspecified atom stereocenters. The van der Waals surface area contributed by atoms with Gasteiger partial charge in [0.15, 0.2) is 24.2 Å². The first-order valence-electron chi connectivity index (χ1n) is 6.06. The van der Waals surface area contributed by atoms with E-state index in [2.05, 4.69) is 0 Å². The van der Waals surface area contributed by atoms with Gasteiger partial charge in [0.2, 0.25) is 0 Å². The van der Waals surface area contributed by atoms with E-state index in [1.807, 2.05) is 6.07 Å². The lowest BCUT2D eigenvalue weighted by Crippen LogP contribution is -2.10. The van der Waals surface area contributed by atoms with Crippen molar-refractivity contribution < 1.29 is 19.0 Å². The van der Waals surface area contributed by atoms with Gasteiger partial charge >= 0.3 is 5.97 Å². The normalized spacial score (nSPS) is 11.2. The fourth-order valence-electron chi connectivity index (χ4n) is 1.42. The monoisotopic (exact) mass is 286 g/mol. The molecule has 0 saturated heterocycles. The SMILES string of the molecule is COc1cc(/C=C/C(=O)O[C@H](C)C#N)ccc1OCC#N. The van der Waals surface area contributed by atoms with E-state index in [1.54, 1.807) is 24.3 Å². The highest BCUT2D eigenvalue weighted by Gasteiger charge is 2.06. The fraction of sp³-hybridized carbons (Fsp3) is 0.267. The summed E-state index contributed by atoms with van der Waals surface area (Å²) in [5.74, 6) is 0.288. The quantitative estimate of drug-likeness (QED) is 0.587. The summed E-state index contributed by atoms with van der Waals surface area (Å²) in [6.07, 6.45) is 1.96. The molecule has 1 aromatic rings. The summed E-state index contributed by atoms with van der Waals surface area (Å²) in [4.78, 5) is 11.4. The number of nitrogens with zero attached hydrogens (tertiary/aromatic N) is 2. The van der Waals surface area contributed by atoms with Gasteiger partial charge in [-0.15, -0.1) is 0 Å². The zero-order valence-electron chi connectivity index (χ0n) is 11.7. The van der Waals surface area contributed by atoms with Crippen LogP contribution in [0.4, 0.5) is 0 Å². The van der Waals surface area contributed by atoms with E-state index in [1.165, 1.54) is 26.2 Å². The highest BCUT2D eigenvalue weighted by Crippen LogP contribution is 2.28. The predicted molar refractivity (Wildman–Crippen MR) is 74.3 cm³/mol. The first kappa shape index (κ1) is 16.1. The molecule has 1 rings (SSSR count). The number of nitriles is 2. The molecule has 0 N–H and O–H groups in total. The number of carbonyl (C=O) groups excluding carboxylic acids is 1. The molecule has 0 aliphatic carbocycles. The number of esters is 1. The number of methoxy groups -OCH3 is 1. The fourth-order valence-corrected chi connectivity index (χ4v) is 1.42. The number of rotatable bonds is 6. The number of hydrogen-bond acceptors (Lipinski definition) is 6. The Balaban J connectivity index is 2.79. The van der Waals surface area contributed by atoms with Crippen molar-refractivity contribution in [2.75, 3.05) is 13.7 Å². The van der Waals surface area contributed by atoms with Gasteiger partial charge in [0.05, 0.1) is 7.11 Å². The molecule has 1 atom stereocenters. The first-order valence-corrected chi connectivity index (χ1v) is 6.06. The molecule has 6 heteroatoms. The Morgan fingerprint density at radius 3 is 2.76 bits per heavy atom. The lowest BCUT2D eigenvalue weighted by atomic mass is 10.2. The highest BCUT2D eigenvalue weighted by molar-refractivity contribution is 5.87. The van der Waals surface area contributed by atoms with Crippen LogP contribution in [0.15, 0.2) is 24.3 Å². The third-order valence-electron chi connectivity index (χ3n) is 2.37. The average molecular weight is 286 g/mol. The van der Waals surface area contributed by atoms with Crippen LogP contribution in [0, 0.1) is 22.7 Å². The molecule has 0 amide bonds. The van der Waals surface area contributed by atoms with Crippen molar-refractivity contribution in [2.24, 2.45) is 0 Å². The van der Waals surface area contributed by atoms with E-state index in [9.17, 15) is 4.79 Å². The van der Waals surface area contributed by atoms with Crippen molar-refractivity contribution in [2.45, 2.75) is 13.0 Å². The summed E-state index contributed by atoms with van der Waals surface area (Å²) in [6.45, 7) is 1.40. The molecule has 0 aliphatic rings. The van der Waals surface area contributed by atoms with Crippen LogP contribution in [0.5, 0.6) is 11.5 Å². The molecule has 0 aliphatic heterocycles. The van der Waals surface area contributed by atoms with Crippen LogP contribution in [0.1, 0.15) is 12.5 Å². The second-order valence-electron chi connectivity index (χ2n) is 3.90. The Hall–Kier alpha value is -2.99. The molecule has 6 nitrogen and oxygen atoms in total. The van der Waals surface area contributed by atoms with Crippen LogP contribution in [-0.4, -0.2) is 25.8 Å².